The van der Waals surface area contributed by atoms with E-state index in [-0.39, 0.29) is 0 Å². The third-order valence-corrected chi connectivity index (χ3v) is 5.82. The van der Waals surface area contributed by atoms with Crippen LogP contribution < -0.4 is 10.2 Å². The molecular weight excluding hydrogens is 466 g/mol. The van der Waals surface area contributed by atoms with Gasteiger partial charge in [0.05, 0.1) is 12.1 Å². The van der Waals surface area contributed by atoms with Gasteiger partial charge in [-0.2, -0.15) is 23.3 Å². The van der Waals surface area contributed by atoms with E-state index >= 15 is 0 Å². The number of amides is 1. The Kier molecular flexibility index (Phi) is 5.50. The van der Waals surface area contributed by atoms with Crippen LogP contribution in [0.2, 0.25) is 0 Å². The summed E-state index contributed by atoms with van der Waals surface area (Å²) in [7, 11) is 1.67. The van der Waals surface area contributed by atoms with Crippen molar-refractivity contribution in [2.24, 2.45) is 13.0 Å². The molecule has 1 atom stereocenters. The van der Waals surface area contributed by atoms with Crippen molar-refractivity contribution in [3.63, 3.8) is 0 Å². The number of nitrogens with zero attached hydrogens (tertiary/aromatic N) is 5. The van der Waals surface area contributed by atoms with Crippen molar-refractivity contribution in [3.05, 3.63) is 60.7 Å². The van der Waals surface area contributed by atoms with Gasteiger partial charge in [-0.25, -0.2) is 9.07 Å². The van der Waals surface area contributed by atoms with Crippen LogP contribution in [-0.4, -0.2) is 43.6 Å². The molecule has 1 amide bonds. The molecule has 35 heavy (non-hydrogen) atoms. The molecule has 1 unspecified atom stereocenters. The molecule has 180 valence electrons. The van der Waals surface area contributed by atoms with E-state index in [9.17, 15) is 22.4 Å². The van der Waals surface area contributed by atoms with Crippen molar-refractivity contribution < 1.29 is 22.4 Å². The summed E-state index contributed by atoms with van der Waals surface area (Å²) in [4.78, 5) is 17.7. The summed E-state index contributed by atoms with van der Waals surface area (Å²) in [5.74, 6) is -1.94. The van der Waals surface area contributed by atoms with Crippen molar-refractivity contribution in [2.75, 3.05) is 16.8 Å². The van der Waals surface area contributed by atoms with E-state index in [2.05, 4.69) is 25.6 Å². The van der Waals surface area contributed by atoms with Gasteiger partial charge in [0.2, 0.25) is 11.9 Å². The molecule has 0 radical (unpaired) electrons. The van der Waals surface area contributed by atoms with Crippen molar-refractivity contribution >= 4 is 23.2 Å². The topological polar surface area (TPSA) is 91.7 Å². The minimum Gasteiger partial charge on any atom is -0.324 e. The minimum atomic E-state index is -4.41. The van der Waals surface area contributed by atoms with E-state index in [1.54, 1.807) is 49.6 Å². The number of aromatic nitrogens is 5. The maximum atomic E-state index is 14.6. The lowest BCUT2D eigenvalue weighted by Crippen LogP contribution is -2.28. The Balaban J connectivity index is 1.32. The number of hydrogen-bond acceptors (Lipinski definition) is 5. The molecule has 1 saturated heterocycles. The minimum absolute atomic E-state index is 0.359. The fraction of sp³-hybridized carbons (Fsp3) is 0.217. The predicted octanol–water partition coefficient (Wildman–Crippen LogP) is 4.67. The summed E-state index contributed by atoms with van der Waals surface area (Å²) < 4.78 is 55.0. The quantitative estimate of drug-likeness (QED) is 0.401. The van der Waals surface area contributed by atoms with Gasteiger partial charge >= 0.3 is 6.18 Å². The summed E-state index contributed by atoms with van der Waals surface area (Å²) in [6.07, 6.45) is -1.83. The standard InChI is InChI=1S/C23H19F4N7O/c1-33-22(30-16-4-7-18(19(24)9-16)14-10-28-29-11-14)31-21(32-33)13-2-5-17(6-3-13)34-12-15(8-20(34)35)23(25,26)27/h2-7,9-11,15H,8,12H2,1H3,(H,28,29)(H,30,31,32). The number of alkyl halides is 3. The molecule has 0 aliphatic carbocycles. The van der Waals surface area contributed by atoms with Gasteiger partial charge in [-0.1, -0.05) is 0 Å². The summed E-state index contributed by atoms with van der Waals surface area (Å²) in [5, 5.41) is 13.8. The SMILES string of the molecule is Cn1nc(-c2ccc(N3CC(C(F)(F)F)CC3=O)cc2)nc1Nc1ccc(-c2cn[nH]c2)c(F)c1. The van der Waals surface area contributed by atoms with Crippen LogP contribution >= 0.6 is 0 Å². The average molecular weight is 485 g/mol. The number of halogens is 4. The zero-order valence-corrected chi connectivity index (χ0v) is 18.3. The van der Waals surface area contributed by atoms with Gasteiger partial charge in [0, 0.05) is 54.3 Å². The van der Waals surface area contributed by atoms with Crippen LogP contribution in [0.15, 0.2) is 54.9 Å². The first-order valence-electron chi connectivity index (χ1n) is 10.6. The molecule has 8 nitrogen and oxygen atoms in total. The Morgan fingerprint density at radius 3 is 2.51 bits per heavy atom. The van der Waals surface area contributed by atoms with Gasteiger partial charge in [0.15, 0.2) is 5.82 Å². The van der Waals surface area contributed by atoms with E-state index < -0.39 is 36.8 Å². The molecule has 3 heterocycles. The van der Waals surface area contributed by atoms with Crippen LogP contribution in [0.5, 0.6) is 0 Å². The number of carbonyl (C=O) groups excluding carboxylic acids is 1. The van der Waals surface area contributed by atoms with Crippen LogP contribution in [0.1, 0.15) is 6.42 Å². The first kappa shape index (κ1) is 22.6. The molecule has 1 aliphatic heterocycles. The van der Waals surface area contributed by atoms with E-state index in [1.807, 2.05) is 0 Å². The Labute approximate surface area is 196 Å². The second-order valence-corrected chi connectivity index (χ2v) is 8.18. The highest BCUT2D eigenvalue weighted by atomic mass is 19.4. The number of rotatable bonds is 5. The molecule has 5 rings (SSSR count). The highest BCUT2D eigenvalue weighted by Crippen LogP contribution is 2.36. The van der Waals surface area contributed by atoms with E-state index in [0.717, 1.165) is 4.90 Å². The lowest BCUT2D eigenvalue weighted by molar-refractivity contribution is -0.169. The monoisotopic (exact) mass is 485 g/mol. The van der Waals surface area contributed by atoms with Crippen molar-refractivity contribution in [3.8, 4) is 22.5 Å². The van der Waals surface area contributed by atoms with Gasteiger partial charge in [0.25, 0.3) is 0 Å². The molecule has 0 spiro atoms. The first-order valence-corrected chi connectivity index (χ1v) is 10.6. The molecule has 2 aromatic heterocycles. The summed E-state index contributed by atoms with van der Waals surface area (Å²) >= 11 is 0. The van der Waals surface area contributed by atoms with Gasteiger partial charge in [-0.05, 0) is 42.5 Å². The number of nitrogens with one attached hydrogen (secondary N) is 2. The lowest BCUT2D eigenvalue weighted by atomic mass is 10.1. The van der Waals surface area contributed by atoms with Crippen LogP contribution in [-0.2, 0) is 11.8 Å². The number of aromatic amines is 1. The summed E-state index contributed by atoms with van der Waals surface area (Å²) in [6, 6.07) is 11.1. The molecule has 12 heteroatoms. The number of H-pyrrole nitrogens is 1. The van der Waals surface area contributed by atoms with Crippen LogP contribution in [0.4, 0.5) is 34.9 Å². The van der Waals surface area contributed by atoms with Crippen molar-refractivity contribution in [1.82, 2.24) is 25.0 Å². The van der Waals surface area contributed by atoms with Crippen molar-refractivity contribution in [2.45, 2.75) is 12.6 Å². The number of anilines is 3. The molecule has 2 N–H and O–H groups in total. The zero-order chi connectivity index (χ0) is 24.7. The second kappa shape index (κ2) is 8.53. The smallest absolute Gasteiger partial charge is 0.324 e. The number of aryl methyl sites for hydroxylation is 1. The second-order valence-electron chi connectivity index (χ2n) is 8.18. The normalized spacial score (nSPS) is 16.2. The summed E-state index contributed by atoms with van der Waals surface area (Å²) in [6.45, 7) is -0.395. The van der Waals surface area contributed by atoms with E-state index in [0.29, 0.717) is 39.8 Å². The molecule has 1 fully saturated rings. The fourth-order valence-electron chi connectivity index (χ4n) is 3.94. The van der Waals surface area contributed by atoms with Gasteiger partial charge in [-0.3, -0.25) is 9.89 Å². The van der Waals surface area contributed by atoms with Crippen LogP contribution in [0, 0.1) is 11.7 Å². The van der Waals surface area contributed by atoms with E-state index in [1.165, 1.54) is 16.9 Å². The Morgan fingerprint density at radius 1 is 1.11 bits per heavy atom. The van der Waals surface area contributed by atoms with E-state index in [4.69, 9.17) is 0 Å². The predicted molar refractivity (Wildman–Crippen MR) is 120 cm³/mol. The highest BCUT2D eigenvalue weighted by molar-refractivity contribution is 5.96. The van der Waals surface area contributed by atoms with Gasteiger partial charge < -0.3 is 10.2 Å². The van der Waals surface area contributed by atoms with Gasteiger partial charge in [-0.15, -0.1) is 5.10 Å². The van der Waals surface area contributed by atoms with Gasteiger partial charge in [0.1, 0.15) is 5.82 Å². The molecule has 0 bridgehead atoms. The highest BCUT2D eigenvalue weighted by Gasteiger charge is 2.47. The number of carbonyl (C=O) groups is 1. The zero-order valence-electron chi connectivity index (χ0n) is 18.3. The molecule has 2 aromatic carbocycles. The molecule has 1 aliphatic rings. The van der Waals surface area contributed by atoms with Crippen LogP contribution in [0.25, 0.3) is 22.5 Å². The Morgan fingerprint density at radius 2 is 1.89 bits per heavy atom. The molecule has 4 aromatic rings. The third kappa shape index (κ3) is 4.46. The maximum absolute atomic E-state index is 14.6. The van der Waals surface area contributed by atoms with Crippen LogP contribution in [0.3, 0.4) is 0 Å². The third-order valence-electron chi connectivity index (χ3n) is 5.82. The average Bonchev–Trinajstić information content (AvgIpc) is 3.55. The Hall–Kier alpha value is -4.22. The number of hydrogen-bond donors (Lipinski definition) is 2. The Bertz CT molecular complexity index is 1360. The maximum Gasteiger partial charge on any atom is 0.394 e. The first-order chi connectivity index (χ1) is 16.7. The summed E-state index contributed by atoms with van der Waals surface area (Å²) in [5.41, 5.74) is 2.49. The number of benzene rings is 2. The molecule has 0 saturated carbocycles. The largest absolute Gasteiger partial charge is 0.394 e. The van der Waals surface area contributed by atoms with Crippen molar-refractivity contribution in [1.29, 1.82) is 0 Å². The fourth-order valence-corrected chi connectivity index (χ4v) is 3.94. The molecular formula is C23H19F4N7O. The lowest BCUT2D eigenvalue weighted by Gasteiger charge is -2.18.